The van der Waals surface area contributed by atoms with E-state index in [0.29, 0.717) is 0 Å². The van der Waals surface area contributed by atoms with Gasteiger partial charge in [-0.2, -0.15) is 0 Å². The zero-order valence-corrected chi connectivity index (χ0v) is 19.8. The molecule has 0 N–H and O–H groups in total. The summed E-state index contributed by atoms with van der Waals surface area (Å²) in [6, 6.07) is 16.0. The molecule has 0 radical (unpaired) electrons. The second kappa shape index (κ2) is 6.36. The number of rotatable bonds is 1. The average Bonchev–Trinajstić information content (AvgIpc) is 3.40. The van der Waals surface area contributed by atoms with Crippen molar-refractivity contribution in [3.8, 4) is 11.3 Å². The molecule has 6 aromatic rings. The van der Waals surface area contributed by atoms with Gasteiger partial charge in [-0.25, -0.2) is 0 Å². The van der Waals surface area contributed by atoms with Crippen molar-refractivity contribution in [3.63, 3.8) is 0 Å². The van der Waals surface area contributed by atoms with Crippen molar-refractivity contribution in [2.24, 2.45) is 0 Å². The molecule has 0 spiro atoms. The molecule has 148 valence electrons. The van der Waals surface area contributed by atoms with E-state index >= 15 is 0 Å². The van der Waals surface area contributed by atoms with Gasteiger partial charge < -0.3 is 0 Å². The molecule has 30 heavy (non-hydrogen) atoms. The van der Waals surface area contributed by atoms with E-state index in [1.807, 2.05) is 40.2 Å². The van der Waals surface area contributed by atoms with Gasteiger partial charge in [0.2, 0.25) is 0 Å². The number of hydrogen-bond donors (Lipinski definition) is 0. The van der Waals surface area contributed by atoms with Crippen LogP contribution >= 0.6 is 34.0 Å². The molecule has 0 aliphatic rings. The summed E-state index contributed by atoms with van der Waals surface area (Å²) in [4.78, 5) is 6.25. The van der Waals surface area contributed by atoms with Crippen LogP contribution in [-0.4, -0.2) is 4.98 Å². The molecule has 4 heteroatoms. The first-order chi connectivity index (χ1) is 14.4. The standard InChI is InChI=1S/C26H21NS3/c1-14-11-15-5-6-20-21(24(15)29-14)18-7-9-27-22(25(18)30-20)17-12-16-8-10-28-23(16)19(13-17)26(2,3)4/h5-13H,1-4H3. The zero-order valence-electron chi connectivity index (χ0n) is 17.4. The van der Waals surface area contributed by atoms with Crippen LogP contribution in [0.15, 0.2) is 54.0 Å². The van der Waals surface area contributed by atoms with Crippen LogP contribution in [0.2, 0.25) is 0 Å². The van der Waals surface area contributed by atoms with Crippen LogP contribution in [0.25, 0.3) is 51.6 Å². The fourth-order valence-corrected chi connectivity index (χ4v) is 7.86. The number of pyridine rings is 1. The van der Waals surface area contributed by atoms with Crippen molar-refractivity contribution in [1.29, 1.82) is 0 Å². The first-order valence-electron chi connectivity index (χ1n) is 10.1. The highest BCUT2D eigenvalue weighted by molar-refractivity contribution is 7.28. The number of benzene rings is 2. The Bertz CT molecular complexity index is 1590. The molecule has 2 aromatic carbocycles. The van der Waals surface area contributed by atoms with Gasteiger partial charge in [0, 0.05) is 41.5 Å². The lowest BCUT2D eigenvalue weighted by atomic mass is 9.85. The molecule has 0 saturated carbocycles. The first-order valence-corrected chi connectivity index (χ1v) is 12.6. The molecular weight excluding hydrogens is 422 g/mol. The minimum atomic E-state index is 0.0911. The van der Waals surface area contributed by atoms with E-state index < -0.39 is 0 Å². The number of aromatic nitrogens is 1. The Hall–Kier alpha value is -2.27. The van der Waals surface area contributed by atoms with E-state index in [1.165, 1.54) is 56.3 Å². The molecule has 0 saturated heterocycles. The van der Waals surface area contributed by atoms with Crippen molar-refractivity contribution in [2.75, 3.05) is 0 Å². The third kappa shape index (κ3) is 2.67. The summed E-state index contributed by atoms with van der Waals surface area (Å²) in [5.74, 6) is 0. The monoisotopic (exact) mass is 443 g/mol. The zero-order chi connectivity index (χ0) is 20.6. The van der Waals surface area contributed by atoms with Gasteiger partial charge in [0.25, 0.3) is 0 Å². The van der Waals surface area contributed by atoms with Gasteiger partial charge in [-0.15, -0.1) is 34.0 Å². The molecule has 0 unspecified atom stereocenters. The van der Waals surface area contributed by atoms with E-state index in [-0.39, 0.29) is 5.41 Å². The van der Waals surface area contributed by atoms with Crippen molar-refractivity contribution in [3.05, 3.63) is 64.5 Å². The fourth-order valence-electron chi connectivity index (χ4n) is 4.39. The Morgan fingerprint density at radius 1 is 0.833 bits per heavy atom. The maximum atomic E-state index is 4.89. The molecule has 0 fully saturated rings. The van der Waals surface area contributed by atoms with E-state index in [0.717, 1.165) is 5.69 Å². The van der Waals surface area contributed by atoms with E-state index in [9.17, 15) is 0 Å². The van der Waals surface area contributed by atoms with Crippen LogP contribution in [0.1, 0.15) is 31.2 Å². The van der Waals surface area contributed by atoms with Gasteiger partial charge in [0.15, 0.2) is 0 Å². The second-order valence-electron chi connectivity index (χ2n) is 8.97. The topological polar surface area (TPSA) is 12.9 Å². The van der Waals surface area contributed by atoms with Gasteiger partial charge >= 0.3 is 0 Å². The van der Waals surface area contributed by atoms with E-state index in [1.54, 1.807) is 0 Å². The van der Waals surface area contributed by atoms with Gasteiger partial charge in [-0.05, 0) is 70.5 Å². The van der Waals surface area contributed by atoms with Crippen LogP contribution in [0.3, 0.4) is 0 Å². The SMILES string of the molecule is Cc1cc2ccc3sc4c(-c5cc(C(C)(C)C)c6sccc6c5)nccc4c3c2s1. The number of aryl methyl sites for hydroxylation is 1. The van der Waals surface area contributed by atoms with Crippen molar-refractivity contribution in [1.82, 2.24) is 4.98 Å². The Labute approximate surface area is 187 Å². The minimum absolute atomic E-state index is 0.0911. The normalized spacial score (nSPS) is 12.7. The number of hydrogen-bond acceptors (Lipinski definition) is 4. The summed E-state index contributed by atoms with van der Waals surface area (Å²) in [5, 5.41) is 7.58. The van der Waals surface area contributed by atoms with Crippen LogP contribution in [0, 0.1) is 6.92 Å². The minimum Gasteiger partial charge on any atom is -0.255 e. The van der Waals surface area contributed by atoms with E-state index in [2.05, 4.69) is 75.5 Å². The fraction of sp³-hybridized carbons (Fsp3) is 0.192. The maximum absolute atomic E-state index is 4.89. The predicted molar refractivity (Wildman–Crippen MR) is 137 cm³/mol. The molecule has 0 aliphatic heterocycles. The highest BCUT2D eigenvalue weighted by Crippen LogP contribution is 2.45. The second-order valence-corrected chi connectivity index (χ2v) is 12.2. The molecule has 0 aliphatic carbocycles. The molecule has 0 atom stereocenters. The van der Waals surface area contributed by atoms with Crippen molar-refractivity contribution < 1.29 is 0 Å². The Morgan fingerprint density at radius 2 is 1.67 bits per heavy atom. The van der Waals surface area contributed by atoms with Crippen LogP contribution < -0.4 is 0 Å². The van der Waals surface area contributed by atoms with Crippen LogP contribution in [0.5, 0.6) is 0 Å². The molecule has 6 rings (SSSR count). The van der Waals surface area contributed by atoms with Crippen molar-refractivity contribution >= 4 is 74.4 Å². The average molecular weight is 444 g/mol. The lowest BCUT2D eigenvalue weighted by Gasteiger charge is -2.21. The summed E-state index contributed by atoms with van der Waals surface area (Å²) in [5.41, 5.74) is 3.82. The lowest BCUT2D eigenvalue weighted by Crippen LogP contribution is -2.11. The molecular formula is C26H21NS3. The van der Waals surface area contributed by atoms with Gasteiger partial charge in [0.05, 0.1) is 10.4 Å². The number of nitrogens with zero attached hydrogens (tertiary/aromatic N) is 1. The van der Waals surface area contributed by atoms with Gasteiger partial charge in [-0.3, -0.25) is 4.98 Å². The molecule has 0 bridgehead atoms. The van der Waals surface area contributed by atoms with E-state index in [4.69, 9.17) is 4.98 Å². The van der Waals surface area contributed by atoms with Crippen LogP contribution in [-0.2, 0) is 5.41 Å². The summed E-state index contributed by atoms with van der Waals surface area (Å²) in [6.07, 6.45) is 1.98. The largest absolute Gasteiger partial charge is 0.255 e. The maximum Gasteiger partial charge on any atom is 0.0880 e. The number of fused-ring (bicyclic) bond motifs is 6. The summed E-state index contributed by atoms with van der Waals surface area (Å²) < 4.78 is 5.43. The van der Waals surface area contributed by atoms with Crippen molar-refractivity contribution in [2.45, 2.75) is 33.1 Å². The Balaban J connectivity index is 1.70. The summed E-state index contributed by atoms with van der Waals surface area (Å²) in [6.45, 7) is 9.10. The molecule has 0 amide bonds. The Morgan fingerprint density at radius 3 is 2.50 bits per heavy atom. The Kier molecular flexibility index (Phi) is 3.92. The molecule has 4 aromatic heterocycles. The highest BCUT2D eigenvalue weighted by atomic mass is 32.1. The third-order valence-electron chi connectivity index (χ3n) is 5.79. The summed E-state index contributed by atoms with van der Waals surface area (Å²) >= 11 is 5.61. The van der Waals surface area contributed by atoms with Gasteiger partial charge in [-0.1, -0.05) is 26.8 Å². The first kappa shape index (κ1) is 18.5. The molecule has 1 nitrogen and oxygen atoms in total. The smallest absolute Gasteiger partial charge is 0.0880 e. The third-order valence-corrected chi connectivity index (χ3v) is 9.01. The highest BCUT2D eigenvalue weighted by Gasteiger charge is 2.21. The predicted octanol–water partition coefficient (Wildman–Crippen LogP) is 9.15. The van der Waals surface area contributed by atoms with Crippen LogP contribution in [0.4, 0.5) is 0 Å². The number of thiophene rings is 3. The van der Waals surface area contributed by atoms with Gasteiger partial charge in [0.1, 0.15) is 0 Å². The lowest BCUT2D eigenvalue weighted by molar-refractivity contribution is 0.597. The summed E-state index contributed by atoms with van der Waals surface area (Å²) in [7, 11) is 0. The molecule has 4 heterocycles. The quantitative estimate of drug-likeness (QED) is 0.247.